The number of hydrogen-bond acceptors (Lipinski definition) is 2. The Labute approximate surface area is 110 Å². The largest absolute Gasteiger partial charge is 0.494 e. The molecule has 0 aliphatic carbocycles. The third-order valence-electron chi connectivity index (χ3n) is 2.93. The number of nitrogens with one attached hydrogen (secondary N) is 1. The van der Waals surface area contributed by atoms with Gasteiger partial charge in [-0.3, -0.25) is 0 Å². The summed E-state index contributed by atoms with van der Waals surface area (Å²) >= 11 is 0. The van der Waals surface area contributed by atoms with Crippen molar-refractivity contribution in [2.45, 2.75) is 39.7 Å². The first kappa shape index (κ1) is 15.0. The maximum Gasteiger partial charge on any atom is 0.165 e. The molecule has 18 heavy (non-hydrogen) atoms. The van der Waals surface area contributed by atoms with Gasteiger partial charge in [0.1, 0.15) is 0 Å². The fraction of sp³-hybridized carbons (Fsp3) is 0.600. The maximum absolute atomic E-state index is 13.7. The monoisotopic (exact) mass is 253 g/mol. The molecule has 1 aromatic carbocycles. The van der Waals surface area contributed by atoms with Crippen LogP contribution in [0.4, 0.5) is 4.39 Å². The van der Waals surface area contributed by atoms with Crippen LogP contribution in [0.2, 0.25) is 0 Å². The highest BCUT2D eigenvalue weighted by atomic mass is 19.1. The average molecular weight is 253 g/mol. The third-order valence-corrected chi connectivity index (χ3v) is 2.93. The Morgan fingerprint density at radius 3 is 2.56 bits per heavy atom. The first-order chi connectivity index (χ1) is 8.58. The summed E-state index contributed by atoms with van der Waals surface area (Å²) in [6, 6.07) is 5.43. The van der Waals surface area contributed by atoms with E-state index >= 15 is 0 Å². The highest BCUT2D eigenvalue weighted by Gasteiger charge is 2.14. The fourth-order valence-electron chi connectivity index (χ4n) is 2.03. The van der Waals surface area contributed by atoms with Crippen molar-refractivity contribution in [1.82, 2.24) is 5.32 Å². The quantitative estimate of drug-likeness (QED) is 0.795. The molecule has 3 heteroatoms. The molecule has 0 fully saturated rings. The lowest BCUT2D eigenvalue weighted by Gasteiger charge is -2.21. The number of methoxy groups -OCH3 is 1. The highest BCUT2D eigenvalue weighted by molar-refractivity contribution is 5.31. The predicted octanol–water partition coefficient (Wildman–Crippen LogP) is 3.92. The molecule has 0 saturated carbocycles. The molecule has 0 aliphatic heterocycles. The number of halogens is 1. The smallest absolute Gasteiger partial charge is 0.165 e. The second kappa shape index (κ2) is 7.37. The van der Waals surface area contributed by atoms with E-state index < -0.39 is 0 Å². The Balaban J connectivity index is 2.86. The van der Waals surface area contributed by atoms with E-state index in [0.29, 0.717) is 11.7 Å². The van der Waals surface area contributed by atoms with Crippen molar-refractivity contribution < 1.29 is 9.13 Å². The molecule has 0 radical (unpaired) electrons. The standard InChI is InChI=1S/C15H24FNO/c1-5-8-17-14(9-11(2)3)12-6-7-15(18-4)13(16)10-12/h6-7,10-11,14,17H,5,8-9H2,1-4H3. The van der Waals surface area contributed by atoms with Crippen molar-refractivity contribution in [3.63, 3.8) is 0 Å². The second-order valence-electron chi connectivity index (χ2n) is 5.03. The molecule has 1 aromatic rings. The van der Waals surface area contributed by atoms with E-state index in [4.69, 9.17) is 4.74 Å². The lowest BCUT2D eigenvalue weighted by Crippen LogP contribution is -2.23. The van der Waals surface area contributed by atoms with Crippen LogP contribution in [0.5, 0.6) is 5.75 Å². The number of hydrogen-bond donors (Lipinski definition) is 1. The molecular formula is C15H24FNO. The van der Waals surface area contributed by atoms with Gasteiger partial charge in [-0.1, -0.05) is 26.8 Å². The zero-order chi connectivity index (χ0) is 13.5. The Kier molecular flexibility index (Phi) is 6.13. The van der Waals surface area contributed by atoms with Gasteiger partial charge in [0.15, 0.2) is 11.6 Å². The summed E-state index contributed by atoms with van der Waals surface area (Å²) in [5.74, 6) is 0.587. The second-order valence-corrected chi connectivity index (χ2v) is 5.03. The van der Waals surface area contributed by atoms with Crippen molar-refractivity contribution in [3.05, 3.63) is 29.6 Å². The lowest BCUT2D eigenvalue weighted by molar-refractivity contribution is 0.383. The summed E-state index contributed by atoms with van der Waals surface area (Å²) in [5.41, 5.74) is 0.996. The highest BCUT2D eigenvalue weighted by Crippen LogP contribution is 2.25. The number of benzene rings is 1. The van der Waals surface area contributed by atoms with Gasteiger partial charge in [0, 0.05) is 6.04 Å². The number of ether oxygens (including phenoxy) is 1. The summed E-state index contributed by atoms with van der Waals surface area (Å²) < 4.78 is 18.7. The normalized spacial score (nSPS) is 12.8. The first-order valence-electron chi connectivity index (χ1n) is 6.65. The first-order valence-corrected chi connectivity index (χ1v) is 6.65. The third kappa shape index (κ3) is 4.30. The van der Waals surface area contributed by atoms with Crippen LogP contribution in [0.25, 0.3) is 0 Å². The summed E-state index contributed by atoms with van der Waals surface area (Å²) in [7, 11) is 1.49. The summed E-state index contributed by atoms with van der Waals surface area (Å²) in [4.78, 5) is 0. The summed E-state index contributed by atoms with van der Waals surface area (Å²) in [6.45, 7) is 7.44. The molecule has 0 aromatic heterocycles. The molecule has 0 bridgehead atoms. The van der Waals surface area contributed by atoms with Gasteiger partial charge in [-0.25, -0.2) is 4.39 Å². The molecule has 0 amide bonds. The van der Waals surface area contributed by atoms with E-state index in [-0.39, 0.29) is 11.9 Å². The minimum Gasteiger partial charge on any atom is -0.494 e. The van der Waals surface area contributed by atoms with Crippen molar-refractivity contribution in [2.75, 3.05) is 13.7 Å². The molecule has 1 rings (SSSR count). The van der Waals surface area contributed by atoms with Crippen molar-refractivity contribution >= 4 is 0 Å². The van der Waals surface area contributed by atoms with Gasteiger partial charge < -0.3 is 10.1 Å². The van der Waals surface area contributed by atoms with Crippen LogP contribution in [-0.4, -0.2) is 13.7 Å². The molecule has 102 valence electrons. The summed E-state index contributed by atoms with van der Waals surface area (Å²) in [5, 5.41) is 3.47. The fourth-order valence-corrected chi connectivity index (χ4v) is 2.03. The molecule has 0 heterocycles. The van der Waals surface area contributed by atoms with Crippen LogP contribution in [0, 0.1) is 11.7 Å². The van der Waals surface area contributed by atoms with E-state index in [0.717, 1.165) is 24.9 Å². The van der Waals surface area contributed by atoms with Gasteiger partial charge in [-0.05, 0) is 43.0 Å². The number of rotatable bonds is 7. The van der Waals surface area contributed by atoms with Gasteiger partial charge in [-0.15, -0.1) is 0 Å². The van der Waals surface area contributed by atoms with Gasteiger partial charge in [0.2, 0.25) is 0 Å². The van der Waals surface area contributed by atoms with E-state index in [1.165, 1.54) is 7.11 Å². The van der Waals surface area contributed by atoms with Crippen molar-refractivity contribution in [3.8, 4) is 5.75 Å². The zero-order valence-electron chi connectivity index (χ0n) is 11.8. The van der Waals surface area contributed by atoms with E-state index in [9.17, 15) is 4.39 Å². The zero-order valence-corrected chi connectivity index (χ0v) is 11.8. The minimum absolute atomic E-state index is 0.213. The predicted molar refractivity (Wildman–Crippen MR) is 73.4 cm³/mol. The maximum atomic E-state index is 13.7. The Hall–Kier alpha value is -1.09. The van der Waals surface area contributed by atoms with Crippen LogP contribution in [0.15, 0.2) is 18.2 Å². The van der Waals surface area contributed by atoms with Gasteiger partial charge in [0.25, 0.3) is 0 Å². The minimum atomic E-state index is -0.290. The Bertz CT molecular complexity index is 366. The van der Waals surface area contributed by atoms with Crippen LogP contribution >= 0.6 is 0 Å². The van der Waals surface area contributed by atoms with Gasteiger partial charge >= 0.3 is 0 Å². The molecule has 1 atom stereocenters. The van der Waals surface area contributed by atoms with Crippen molar-refractivity contribution in [2.24, 2.45) is 5.92 Å². The molecule has 2 nitrogen and oxygen atoms in total. The Morgan fingerprint density at radius 2 is 2.06 bits per heavy atom. The Morgan fingerprint density at radius 1 is 1.33 bits per heavy atom. The molecule has 0 spiro atoms. The molecular weight excluding hydrogens is 229 g/mol. The van der Waals surface area contributed by atoms with Gasteiger partial charge in [0.05, 0.1) is 7.11 Å². The van der Waals surface area contributed by atoms with E-state index in [1.807, 2.05) is 6.07 Å². The summed E-state index contributed by atoms with van der Waals surface area (Å²) in [6.07, 6.45) is 2.08. The van der Waals surface area contributed by atoms with E-state index in [1.54, 1.807) is 12.1 Å². The molecule has 0 aliphatic rings. The topological polar surface area (TPSA) is 21.3 Å². The lowest BCUT2D eigenvalue weighted by atomic mass is 9.96. The molecule has 1 unspecified atom stereocenters. The molecule has 0 saturated heterocycles. The van der Waals surface area contributed by atoms with Crippen LogP contribution < -0.4 is 10.1 Å². The van der Waals surface area contributed by atoms with Crippen LogP contribution in [0.3, 0.4) is 0 Å². The molecule has 1 N–H and O–H groups in total. The van der Waals surface area contributed by atoms with Crippen molar-refractivity contribution in [1.29, 1.82) is 0 Å². The van der Waals surface area contributed by atoms with E-state index in [2.05, 4.69) is 26.1 Å². The van der Waals surface area contributed by atoms with Gasteiger partial charge in [-0.2, -0.15) is 0 Å². The van der Waals surface area contributed by atoms with Crippen LogP contribution in [0.1, 0.15) is 45.2 Å². The SMILES string of the molecule is CCCNC(CC(C)C)c1ccc(OC)c(F)c1. The average Bonchev–Trinajstić information content (AvgIpc) is 2.34. The van der Waals surface area contributed by atoms with Crippen LogP contribution in [-0.2, 0) is 0 Å².